The largest absolute Gasteiger partial charge is 0.497 e. The Morgan fingerprint density at radius 1 is 1.11 bits per heavy atom. The number of rotatable bonds is 5. The molecule has 0 aliphatic heterocycles. The van der Waals surface area contributed by atoms with E-state index in [1.54, 1.807) is 49.5 Å². The lowest BCUT2D eigenvalue weighted by molar-refractivity contribution is 0.0336. The fourth-order valence-corrected chi connectivity index (χ4v) is 2.84. The van der Waals surface area contributed by atoms with Crippen LogP contribution in [0.1, 0.15) is 34.5 Å². The van der Waals surface area contributed by atoms with Crippen LogP contribution in [0.4, 0.5) is 0 Å². The van der Waals surface area contributed by atoms with Gasteiger partial charge in [-0.3, -0.25) is 9.20 Å². The van der Waals surface area contributed by atoms with Gasteiger partial charge in [0.15, 0.2) is 0 Å². The number of nitriles is 1. The average molecular weight is 378 g/mol. The van der Waals surface area contributed by atoms with Crippen molar-refractivity contribution in [2.24, 2.45) is 0 Å². The predicted octanol–water partition coefficient (Wildman–Crippen LogP) is 3.11. The Morgan fingerprint density at radius 3 is 2.39 bits per heavy atom. The standard InChI is InChI=1S/C21H18N2O5/c1-13(14-8-16(26-2)11-17(9-14)27-3)28-21(25)18-10-15-6-4-5-7-23(15)20(24)19(18)12-22/h4-11,13H,1-3H3. The first-order valence-corrected chi connectivity index (χ1v) is 8.47. The lowest BCUT2D eigenvalue weighted by Gasteiger charge is -2.16. The number of benzene rings is 1. The summed E-state index contributed by atoms with van der Waals surface area (Å²) in [5.41, 5.74) is 0.252. The van der Waals surface area contributed by atoms with Crippen LogP contribution >= 0.6 is 0 Å². The van der Waals surface area contributed by atoms with Gasteiger partial charge in [0.2, 0.25) is 0 Å². The third kappa shape index (κ3) is 3.53. The van der Waals surface area contributed by atoms with Gasteiger partial charge in [0.1, 0.15) is 29.2 Å². The van der Waals surface area contributed by atoms with E-state index in [0.717, 1.165) is 0 Å². The van der Waals surface area contributed by atoms with E-state index in [0.29, 0.717) is 22.6 Å². The molecule has 0 spiro atoms. The molecule has 1 atom stereocenters. The quantitative estimate of drug-likeness (QED) is 0.634. The van der Waals surface area contributed by atoms with Gasteiger partial charge >= 0.3 is 5.97 Å². The first-order valence-electron chi connectivity index (χ1n) is 8.47. The van der Waals surface area contributed by atoms with Gasteiger partial charge in [-0.25, -0.2) is 4.79 Å². The van der Waals surface area contributed by atoms with E-state index in [2.05, 4.69) is 0 Å². The number of hydrogen-bond donors (Lipinski definition) is 0. The molecule has 0 fully saturated rings. The van der Waals surface area contributed by atoms with Crippen molar-refractivity contribution in [1.82, 2.24) is 4.40 Å². The van der Waals surface area contributed by atoms with Crippen LogP contribution in [-0.4, -0.2) is 24.6 Å². The molecule has 0 bridgehead atoms. The second-order valence-electron chi connectivity index (χ2n) is 6.04. The van der Waals surface area contributed by atoms with Gasteiger partial charge < -0.3 is 14.2 Å². The zero-order valence-electron chi connectivity index (χ0n) is 15.6. The van der Waals surface area contributed by atoms with Crippen molar-refractivity contribution < 1.29 is 19.0 Å². The minimum atomic E-state index is -0.755. The summed E-state index contributed by atoms with van der Waals surface area (Å²) in [6.45, 7) is 1.69. The van der Waals surface area contributed by atoms with Gasteiger partial charge in [0, 0.05) is 17.8 Å². The van der Waals surface area contributed by atoms with Crippen molar-refractivity contribution >= 4 is 11.5 Å². The second kappa shape index (κ2) is 7.84. The number of fused-ring (bicyclic) bond motifs is 1. The Kier molecular flexibility index (Phi) is 5.32. The lowest BCUT2D eigenvalue weighted by Crippen LogP contribution is -2.22. The summed E-state index contributed by atoms with van der Waals surface area (Å²) in [5.74, 6) is 0.354. The molecule has 0 saturated heterocycles. The van der Waals surface area contributed by atoms with E-state index >= 15 is 0 Å². The highest BCUT2D eigenvalue weighted by Crippen LogP contribution is 2.28. The molecule has 3 rings (SSSR count). The molecule has 1 unspecified atom stereocenters. The van der Waals surface area contributed by atoms with E-state index in [9.17, 15) is 14.9 Å². The molecule has 2 aromatic heterocycles. The van der Waals surface area contributed by atoms with Crippen LogP contribution in [0.3, 0.4) is 0 Å². The Morgan fingerprint density at radius 2 is 1.79 bits per heavy atom. The van der Waals surface area contributed by atoms with Gasteiger partial charge in [-0.15, -0.1) is 0 Å². The molecule has 0 aliphatic carbocycles. The molecule has 3 aromatic rings. The second-order valence-corrected chi connectivity index (χ2v) is 6.04. The summed E-state index contributed by atoms with van der Waals surface area (Å²) in [7, 11) is 3.05. The molecular formula is C21H18N2O5. The SMILES string of the molecule is COc1cc(OC)cc(C(C)OC(=O)c2cc3ccccn3c(=O)c2C#N)c1. The summed E-state index contributed by atoms with van der Waals surface area (Å²) >= 11 is 0. The number of methoxy groups -OCH3 is 2. The molecule has 2 heterocycles. The van der Waals surface area contributed by atoms with E-state index in [4.69, 9.17) is 14.2 Å². The zero-order valence-corrected chi connectivity index (χ0v) is 15.6. The van der Waals surface area contributed by atoms with Crippen molar-refractivity contribution in [3.05, 3.63) is 75.7 Å². The molecule has 0 amide bonds. The summed E-state index contributed by atoms with van der Waals surface area (Å²) < 4.78 is 17.3. The van der Waals surface area contributed by atoms with E-state index in [1.807, 2.05) is 6.07 Å². The molecule has 0 radical (unpaired) electrons. The highest BCUT2D eigenvalue weighted by molar-refractivity contribution is 5.93. The van der Waals surface area contributed by atoms with Crippen LogP contribution in [0.2, 0.25) is 0 Å². The first kappa shape index (κ1) is 19.0. The van der Waals surface area contributed by atoms with Crippen molar-refractivity contribution in [2.45, 2.75) is 13.0 Å². The number of pyridine rings is 2. The summed E-state index contributed by atoms with van der Waals surface area (Å²) in [6, 6.07) is 13.5. The van der Waals surface area contributed by atoms with E-state index < -0.39 is 17.6 Å². The van der Waals surface area contributed by atoms with E-state index in [-0.39, 0.29) is 11.1 Å². The van der Waals surface area contributed by atoms with Gasteiger partial charge in [-0.1, -0.05) is 6.07 Å². The Balaban J connectivity index is 1.97. The number of esters is 1. The first-order chi connectivity index (χ1) is 13.5. The Bertz CT molecular complexity index is 1120. The Labute approximate surface area is 161 Å². The molecule has 7 nitrogen and oxygen atoms in total. The van der Waals surface area contributed by atoms with Crippen molar-refractivity contribution in [3.8, 4) is 17.6 Å². The van der Waals surface area contributed by atoms with Crippen LogP contribution in [-0.2, 0) is 4.74 Å². The number of nitrogens with zero attached hydrogens (tertiary/aromatic N) is 2. The molecular weight excluding hydrogens is 360 g/mol. The third-order valence-electron chi connectivity index (χ3n) is 4.34. The maximum absolute atomic E-state index is 12.7. The molecule has 1 aromatic carbocycles. The van der Waals surface area contributed by atoms with Gasteiger partial charge in [-0.05, 0) is 42.8 Å². The molecule has 142 valence electrons. The topological polar surface area (TPSA) is 90.0 Å². The predicted molar refractivity (Wildman–Crippen MR) is 102 cm³/mol. The van der Waals surface area contributed by atoms with Crippen molar-refractivity contribution in [1.29, 1.82) is 5.26 Å². The maximum atomic E-state index is 12.7. The van der Waals surface area contributed by atoms with E-state index in [1.165, 1.54) is 24.7 Å². The number of carbonyl (C=O) groups is 1. The summed E-state index contributed by atoms with van der Waals surface area (Å²) in [6.07, 6.45) is 0.885. The van der Waals surface area contributed by atoms with Crippen LogP contribution < -0.4 is 15.0 Å². The summed E-state index contributed by atoms with van der Waals surface area (Å²) in [5, 5.41) is 9.39. The third-order valence-corrected chi connectivity index (χ3v) is 4.34. The van der Waals surface area contributed by atoms with Crippen LogP contribution in [0.5, 0.6) is 11.5 Å². The number of ether oxygens (including phenoxy) is 3. The fourth-order valence-electron chi connectivity index (χ4n) is 2.84. The highest BCUT2D eigenvalue weighted by Gasteiger charge is 2.21. The minimum Gasteiger partial charge on any atom is -0.497 e. The molecule has 0 aliphatic rings. The van der Waals surface area contributed by atoms with Gasteiger partial charge in [-0.2, -0.15) is 5.26 Å². The number of hydrogen-bond acceptors (Lipinski definition) is 6. The minimum absolute atomic E-state index is 0.0691. The monoisotopic (exact) mass is 378 g/mol. The number of aromatic nitrogens is 1. The number of carbonyl (C=O) groups excluding carboxylic acids is 1. The average Bonchev–Trinajstić information content (AvgIpc) is 2.73. The maximum Gasteiger partial charge on any atom is 0.340 e. The van der Waals surface area contributed by atoms with Gasteiger partial charge in [0.25, 0.3) is 5.56 Å². The zero-order chi connectivity index (χ0) is 20.3. The smallest absolute Gasteiger partial charge is 0.340 e. The van der Waals surface area contributed by atoms with Crippen LogP contribution in [0, 0.1) is 11.3 Å². The normalized spacial score (nSPS) is 11.5. The fraction of sp³-hybridized carbons (Fsp3) is 0.190. The van der Waals surface area contributed by atoms with Crippen LogP contribution in [0.25, 0.3) is 5.52 Å². The molecule has 28 heavy (non-hydrogen) atoms. The molecule has 0 N–H and O–H groups in total. The lowest BCUT2D eigenvalue weighted by atomic mass is 10.1. The molecule has 7 heteroatoms. The summed E-state index contributed by atoms with van der Waals surface area (Å²) in [4.78, 5) is 25.2. The molecule has 0 saturated carbocycles. The van der Waals surface area contributed by atoms with Crippen LogP contribution in [0.15, 0.2) is 53.5 Å². The highest BCUT2D eigenvalue weighted by atomic mass is 16.5. The van der Waals surface area contributed by atoms with Crippen molar-refractivity contribution in [3.63, 3.8) is 0 Å². The van der Waals surface area contributed by atoms with Crippen molar-refractivity contribution in [2.75, 3.05) is 14.2 Å². The Hall–Kier alpha value is -3.79. The van der Waals surface area contributed by atoms with Gasteiger partial charge in [0.05, 0.1) is 19.8 Å².